The van der Waals surface area contributed by atoms with Crippen LogP contribution in [0.15, 0.2) is 48.5 Å². The summed E-state index contributed by atoms with van der Waals surface area (Å²) in [7, 11) is 0. The van der Waals surface area contributed by atoms with Gasteiger partial charge in [0, 0.05) is 0 Å². The Morgan fingerprint density at radius 2 is 0.862 bits per heavy atom. The van der Waals surface area contributed by atoms with E-state index in [2.05, 4.69) is 0 Å². The van der Waals surface area contributed by atoms with Crippen LogP contribution in [-0.2, 0) is 9.47 Å². The largest absolute Gasteiger partial charge is 0.354 e. The summed E-state index contributed by atoms with van der Waals surface area (Å²) in [5.74, 6) is -1.33. The molecule has 0 radical (unpaired) electrons. The molecule has 0 spiro atoms. The first kappa shape index (κ1) is 19.0. The summed E-state index contributed by atoms with van der Waals surface area (Å²) in [6.45, 7) is 0.408. The lowest BCUT2D eigenvalue weighted by Gasteiger charge is -2.15. The molecule has 8 heteroatoms. The summed E-state index contributed by atoms with van der Waals surface area (Å²) >= 11 is 0. The molecular weight excluding hydrogens is 376 g/mol. The minimum Gasteiger partial charge on any atom is -0.354 e. The van der Waals surface area contributed by atoms with Gasteiger partial charge in [-0.25, -0.2) is 0 Å². The van der Waals surface area contributed by atoms with E-state index in [4.69, 9.17) is 9.47 Å². The third kappa shape index (κ3) is 3.43. The van der Waals surface area contributed by atoms with E-state index in [1.54, 1.807) is 48.5 Å². The molecule has 0 atom stereocenters. The molecule has 2 aromatic rings. The lowest BCUT2D eigenvalue weighted by atomic mass is 10.1. The maximum atomic E-state index is 12.2. The maximum Gasteiger partial charge on any atom is 0.261 e. The van der Waals surface area contributed by atoms with Gasteiger partial charge in [0.2, 0.25) is 0 Å². The van der Waals surface area contributed by atoms with Crippen LogP contribution in [0.4, 0.5) is 0 Å². The molecule has 0 unspecified atom stereocenters. The average molecular weight is 394 g/mol. The summed E-state index contributed by atoms with van der Waals surface area (Å²) < 4.78 is 10.6. The van der Waals surface area contributed by atoms with Crippen molar-refractivity contribution in [3.8, 4) is 0 Å². The molecule has 0 aromatic heterocycles. The molecule has 4 amide bonds. The van der Waals surface area contributed by atoms with Gasteiger partial charge in [0.25, 0.3) is 23.6 Å². The fraction of sp³-hybridized carbons (Fsp3) is 0.238. The van der Waals surface area contributed by atoms with Crippen LogP contribution < -0.4 is 0 Å². The van der Waals surface area contributed by atoms with Crippen LogP contribution in [-0.4, -0.2) is 66.5 Å². The van der Waals surface area contributed by atoms with Crippen molar-refractivity contribution in [2.24, 2.45) is 0 Å². The number of ether oxygens (including phenoxy) is 2. The zero-order valence-corrected chi connectivity index (χ0v) is 15.5. The van der Waals surface area contributed by atoms with Crippen molar-refractivity contribution in [3.63, 3.8) is 0 Å². The Morgan fingerprint density at radius 3 is 1.17 bits per heavy atom. The van der Waals surface area contributed by atoms with Crippen molar-refractivity contribution in [1.29, 1.82) is 0 Å². The van der Waals surface area contributed by atoms with Crippen LogP contribution in [0.25, 0.3) is 0 Å². The Labute approximate surface area is 166 Å². The Bertz CT molecular complexity index is 853. The van der Waals surface area contributed by atoms with Crippen molar-refractivity contribution in [2.45, 2.75) is 0 Å². The van der Waals surface area contributed by atoms with E-state index in [0.717, 1.165) is 9.80 Å². The quantitative estimate of drug-likeness (QED) is 0.383. The van der Waals surface area contributed by atoms with E-state index in [1.165, 1.54) is 0 Å². The SMILES string of the molecule is O=C1c2ccccc2C(=O)N1CCOCOCCN1C(=O)c2ccccc2C1=O. The highest BCUT2D eigenvalue weighted by Crippen LogP contribution is 2.23. The van der Waals surface area contributed by atoms with Gasteiger partial charge in [-0.15, -0.1) is 0 Å². The maximum absolute atomic E-state index is 12.2. The van der Waals surface area contributed by atoms with E-state index < -0.39 is 0 Å². The van der Waals surface area contributed by atoms with Crippen molar-refractivity contribution >= 4 is 23.6 Å². The van der Waals surface area contributed by atoms with E-state index in [9.17, 15) is 19.2 Å². The van der Waals surface area contributed by atoms with E-state index >= 15 is 0 Å². The predicted octanol–water partition coefficient (Wildman–Crippen LogP) is 1.57. The third-order valence-electron chi connectivity index (χ3n) is 4.84. The van der Waals surface area contributed by atoms with Gasteiger partial charge in [0.1, 0.15) is 6.79 Å². The first-order chi connectivity index (χ1) is 14.1. The number of amides is 4. The number of rotatable bonds is 8. The number of carbonyl (C=O) groups excluding carboxylic acids is 4. The molecule has 2 heterocycles. The van der Waals surface area contributed by atoms with Gasteiger partial charge in [-0.3, -0.25) is 29.0 Å². The fourth-order valence-corrected chi connectivity index (χ4v) is 3.37. The predicted molar refractivity (Wildman–Crippen MR) is 100 cm³/mol. The van der Waals surface area contributed by atoms with Crippen molar-refractivity contribution in [1.82, 2.24) is 9.80 Å². The molecular formula is C21H18N2O6. The summed E-state index contributed by atoms with van der Waals surface area (Å²) in [5, 5.41) is 0. The van der Waals surface area contributed by atoms with Gasteiger partial charge in [-0.1, -0.05) is 24.3 Å². The number of imide groups is 2. The first-order valence-corrected chi connectivity index (χ1v) is 9.15. The molecule has 0 N–H and O–H groups in total. The van der Waals surface area contributed by atoms with E-state index in [-0.39, 0.29) is 56.7 Å². The highest BCUT2D eigenvalue weighted by atomic mass is 16.7. The van der Waals surface area contributed by atoms with Gasteiger partial charge in [-0.05, 0) is 24.3 Å². The van der Waals surface area contributed by atoms with Crippen LogP contribution in [0.3, 0.4) is 0 Å². The summed E-state index contributed by atoms with van der Waals surface area (Å²) in [6.07, 6.45) is 0. The number of nitrogens with zero attached hydrogens (tertiary/aromatic N) is 2. The van der Waals surface area contributed by atoms with Crippen LogP contribution in [0, 0.1) is 0 Å². The minimum atomic E-state index is -0.333. The molecule has 0 bridgehead atoms. The highest BCUT2D eigenvalue weighted by Gasteiger charge is 2.35. The number of hydrogen-bond donors (Lipinski definition) is 0. The Morgan fingerprint density at radius 1 is 0.552 bits per heavy atom. The lowest BCUT2D eigenvalue weighted by Crippen LogP contribution is -2.34. The molecule has 4 rings (SSSR count). The third-order valence-corrected chi connectivity index (χ3v) is 4.84. The number of benzene rings is 2. The monoisotopic (exact) mass is 394 g/mol. The summed E-state index contributed by atoms with van der Waals surface area (Å²) in [6, 6.07) is 13.4. The van der Waals surface area contributed by atoms with Crippen LogP contribution in [0.1, 0.15) is 41.4 Å². The molecule has 29 heavy (non-hydrogen) atoms. The molecule has 2 aliphatic rings. The number of hydrogen-bond acceptors (Lipinski definition) is 6. The molecule has 0 saturated carbocycles. The second kappa shape index (κ2) is 7.94. The summed E-state index contributed by atoms with van der Waals surface area (Å²) in [4.78, 5) is 51.2. The normalized spacial score (nSPS) is 15.3. The first-order valence-electron chi connectivity index (χ1n) is 9.15. The minimum absolute atomic E-state index is 0.0770. The van der Waals surface area contributed by atoms with E-state index in [1.807, 2.05) is 0 Å². The van der Waals surface area contributed by atoms with Crippen LogP contribution >= 0.6 is 0 Å². The standard InChI is InChI=1S/C21H18N2O6/c24-18-14-5-1-2-6-15(14)19(25)22(18)9-11-28-13-29-12-10-23-20(26)16-7-3-4-8-17(16)21(23)27/h1-8H,9-13H2. The van der Waals surface area contributed by atoms with Gasteiger partial charge in [-0.2, -0.15) is 0 Å². The van der Waals surface area contributed by atoms with Gasteiger partial charge in [0.05, 0.1) is 48.6 Å². The molecule has 0 saturated heterocycles. The summed E-state index contributed by atoms with van der Waals surface area (Å²) in [5.41, 5.74) is 1.59. The zero-order valence-electron chi connectivity index (χ0n) is 15.5. The smallest absolute Gasteiger partial charge is 0.261 e. The molecule has 0 aliphatic carbocycles. The van der Waals surface area contributed by atoms with Gasteiger partial charge < -0.3 is 9.47 Å². The zero-order chi connectivity index (χ0) is 20.4. The second-order valence-corrected chi connectivity index (χ2v) is 6.55. The van der Waals surface area contributed by atoms with Crippen LogP contribution in [0.2, 0.25) is 0 Å². The van der Waals surface area contributed by atoms with Crippen molar-refractivity contribution in [3.05, 3.63) is 70.8 Å². The number of fused-ring (bicyclic) bond motifs is 2. The number of carbonyl (C=O) groups is 4. The van der Waals surface area contributed by atoms with Crippen molar-refractivity contribution in [2.75, 3.05) is 33.1 Å². The Balaban J connectivity index is 1.17. The van der Waals surface area contributed by atoms with E-state index in [0.29, 0.717) is 22.3 Å². The molecule has 148 valence electrons. The van der Waals surface area contributed by atoms with Crippen LogP contribution in [0.5, 0.6) is 0 Å². The average Bonchev–Trinajstić information content (AvgIpc) is 3.13. The van der Waals surface area contributed by atoms with Gasteiger partial charge in [0.15, 0.2) is 0 Å². The van der Waals surface area contributed by atoms with Crippen molar-refractivity contribution < 1.29 is 28.7 Å². The topological polar surface area (TPSA) is 93.2 Å². The van der Waals surface area contributed by atoms with Gasteiger partial charge >= 0.3 is 0 Å². The Hall–Kier alpha value is -3.36. The Kier molecular flexibility index (Phi) is 5.20. The molecule has 2 aliphatic heterocycles. The highest BCUT2D eigenvalue weighted by molar-refractivity contribution is 6.22. The fourth-order valence-electron chi connectivity index (χ4n) is 3.37. The molecule has 2 aromatic carbocycles. The molecule has 0 fully saturated rings. The second-order valence-electron chi connectivity index (χ2n) is 6.55. The molecule has 8 nitrogen and oxygen atoms in total. The lowest BCUT2D eigenvalue weighted by molar-refractivity contribution is -0.0580.